The maximum absolute atomic E-state index is 11.1. The van der Waals surface area contributed by atoms with Crippen LogP contribution < -0.4 is 0 Å². The number of Topliss-reactive ketones (excluding diaryl/α,β-unsaturated/α-hetero) is 1. The molecule has 0 aromatic heterocycles. The second-order valence-electron chi connectivity index (χ2n) is 2.56. The molecule has 1 heterocycles. The van der Waals surface area contributed by atoms with Crippen LogP contribution in [0.1, 0.15) is 12.8 Å². The van der Waals surface area contributed by atoms with Crippen LogP contribution >= 0.6 is 11.8 Å². The second-order valence-corrected chi connectivity index (χ2v) is 3.71. The number of hydrogen-bond acceptors (Lipinski definition) is 2. The summed E-state index contributed by atoms with van der Waals surface area (Å²) >= 11 is 1.79. The van der Waals surface area contributed by atoms with Gasteiger partial charge in [0.05, 0.1) is 0 Å². The van der Waals surface area contributed by atoms with Gasteiger partial charge in [-0.05, 0) is 18.6 Å². The Morgan fingerprint density at radius 1 is 1.73 bits per heavy atom. The topological polar surface area (TPSA) is 53.5 Å². The molecule has 3 nitrogen and oxygen atoms in total. The molecule has 1 unspecified atom stereocenters. The summed E-state index contributed by atoms with van der Waals surface area (Å²) in [6.45, 7) is 0. The van der Waals surface area contributed by atoms with E-state index >= 15 is 0 Å². The van der Waals surface area contributed by atoms with Crippen molar-refractivity contribution in [3.05, 3.63) is 5.53 Å². The maximum Gasteiger partial charge on any atom is 0.323 e. The monoisotopic (exact) mass is 170 g/mol. The van der Waals surface area contributed by atoms with Crippen LogP contribution in [0.25, 0.3) is 5.53 Å². The minimum absolute atomic E-state index is 0.0419. The van der Waals surface area contributed by atoms with Crippen molar-refractivity contribution in [2.24, 2.45) is 5.92 Å². The smallest absolute Gasteiger partial charge is 0.323 e. The molecule has 0 aromatic carbocycles. The Labute approximate surface area is 69.8 Å². The van der Waals surface area contributed by atoms with E-state index in [1.165, 1.54) is 0 Å². The van der Waals surface area contributed by atoms with Crippen LogP contribution in [0.5, 0.6) is 0 Å². The van der Waals surface area contributed by atoms with Crippen molar-refractivity contribution in [3.8, 4) is 0 Å². The van der Waals surface area contributed by atoms with Crippen molar-refractivity contribution in [3.63, 3.8) is 0 Å². The molecular formula is C7H10N2OS. The molecule has 1 rings (SSSR count). The van der Waals surface area contributed by atoms with Gasteiger partial charge in [-0.2, -0.15) is 16.6 Å². The highest BCUT2D eigenvalue weighted by Gasteiger charge is 2.22. The van der Waals surface area contributed by atoms with Gasteiger partial charge in [0, 0.05) is 11.7 Å². The Hall–Kier alpha value is -0.600. The van der Waals surface area contributed by atoms with Crippen molar-refractivity contribution in [2.45, 2.75) is 12.8 Å². The third-order valence-electron chi connectivity index (χ3n) is 1.75. The predicted octanol–water partition coefficient (Wildman–Crippen LogP) is 0.999. The Morgan fingerprint density at radius 2 is 2.55 bits per heavy atom. The predicted molar refractivity (Wildman–Crippen MR) is 44.7 cm³/mol. The quantitative estimate of drug-likeness (QED) is 0.352. The average Bonchev–Trinajstić information content (AvgIpc) is 2.07. The number of rotatable bonds is 2. The summed E-state index contributed by atoms with van der Waals surface area (Å²) in [6.07, 6.45) is 3.05. The number of hydrogen-bond donors (Lipinski definition) is 0. The van der Waals surface area contributed by atoms with Crippen molar-refractivity contribution in [1.82, 2.24) is 0 Å². The van der Waals surface area contributed by atoms with E-state index in [9.17, 15) is 4.79 Å². The summed E-state index contributed by atoms with van der Waals surface area (Å²) in [7, 11) is 0. The summed E-state index contributed by atoms with van der Waals surface area (Å²) < 4.78 is 0. The fourth-order valence-corrected chi connectivity index (χ4v) is 2.28. The van der Waals surface area contributed by atoms with Gasteiger partial charge >= 0.3 is 6.21 Å². The van der Waals surface area contributed by atoms with Gasteiger partial charge in [0.2, 0.25) is 5.78 Å². The number of carbonyl (C=O) groups excluding carboxylic acids is 1. The lowest BCUT2D eigenvalue weighted by molar-refractivity contribution is -0.119. The number of nitrogens with zero attached hydrogens (tertiary/aromatic N) is 2. The molecule has 0 spiro atoms. The van der Waals surface area contributed by atoms with E-state index in [-0.39, 0.29) is 11.7 Å². The molecule has 0 aromatic rings. The minimum atomic E-state index is -0.0419. The molecule has 0 N–H and O–H groups in total. The summed E-state index contributed by atoms with van der Waals surface area (Å²) in [5, 5.41) is 0. The molecule has 0 radical (unpaired) electrons. The van der Waals surface area contributed by atoms with Gasteiger partial charge in [-0.1, -0.05) is 0 Å². The second kappa shape index (κ2) is 4.31. The van der Waals surface area contributed by atoms with Crippen LogP contribution in [0.15, 0.2) is 0 Å². The van der Waals surface area contributed by atoms with Crippen LogP contribution in [-0.2, 0) is 4.79 Å². The first-order chi connectivity index (χ1) is 5.34. The van der Waals surface area contributed by atoms with Crippen LogP contribution in [-0.4, -0.2) is 28.3 Å². The highest BCUT2D eigenvalue weighted by Crippen LogP contribution is 2.22. The molecule has 60 valence electrons. The molecule has 1 atom stereocenters. The lowest BCUT2D eigenvalue weighted by Gasteiger charge is -2.16. The zero-order valence-electron chi connectivity index (χ0n) is 6.19. The van der Waals surface area contributed by atoms with E-state index in [1.54, 1.807) is 11.8 Å². The van der Waals surface area contributed by atoms with Gasteiger partial charge in [0.25, 0.3) is 0 Å². The summed E-state index contributed by atoms with van der Waals surface area (Å²) in [5.74, 6) is 2.08. The average molecular weight is 170 g/mol. The first-order valence-corrected chi connectivity index (χ1v) is 4.79. The van der Waals surface area contributed by atoms with Crippen LogP contribution in [0.2, 0.25) is 0 Å². The molecule has 4 heteroatoms. The summed E-state index contributed by atoms with van der Waals surface area (Å²) in [4.78, 5) is 13.8. The summed E-state index contributed by atoms with van der Waals surface area (Å²) in [5.41, 5.74) is 8.11. The fraction of sp³-hybridized carbons (Fsp3) is 0.714. The van der Waals surface area contributed by atoms with Gasteiger partial charge < -0.3 is 5.53 Å². The molecule has 0 saturated carbocycles. The maximum atomic E-state index is 11.1. The van der Waals surface area contributed by atoms with Crippen molar-refractivity contribution < 1.29 is 9.58 Å². The van der Waals surface area contributed by atoms with E-state index in [2.05, 4.69) is 4.79 Å². The first-order valence-electron chi connectivity index (χ1n) is 3.63. The van der Waals surface area contributed by atoms with E-state index in [0.717, 1.165) is 30.6 Å². The van der Waals surface area contributed by atoms with Gasteiger partial charge in [0.1, 0.15) is 0 Å². The normalized spacial score (nSPS) is 23.8. The SMILES string of the molecule is [N-]=[N+]=CC(=O)C1CCCSC1. The largest absolute Gasteiger partial charge is 0.361 e. The Kier molecular flexibility index (Phi) is 3.33. The van der Waals surface area contributed by atoms with Crippen LogP contribution in [0.3, 0.4) is 0 Å². The first kappa shape index (κ1) is 8.50. The Balaban J connectivity index is 2.44. The number of ketones is 1. The van der Waals surface area contributed by atoms with Gasteiger partial charge in [-0.25, -0.2) is 0 Å². The molecule has 1 aliphatic rings. The van der Waals surface area contributed by atoms with E-state index in [1.807, 2.05) is 0 Å². The highest BCUT2D eigenvalue weighted by molar-refractivity contribution is 7.99. The van der Waals surface area contributed by atoms with E-state index in [4.69, 9.17) is 5.53 Å². The standard InChI is InChI=1S/C7H10N2OS/c8-9-4-7(10)6-2-1-3-11-5-6/h4,6H,1-3,5H2. The van der Waals surface area contributed by atoms with E-state index < -0.39 is 0 Å². The van der Waals surface area contributed by atoms with Crippen LogP contribution in [0, 0.1) is 5.92 Å². The zero-order valence-corrected chi connectivity index (χ0v) is 7.01. The molecule has 0 bridgehead atoms. The van der Waals surface area contributed by atoms with Gasteiger partial charge in [-0.15, -0.1) is 0 Å². The molecular weight excluding hydrogens is 160 g/mol. The molecule has 1 saturated heterocycles. The van der Waals surface area contributed by atoms with Crippen LogP contribution in [0.4, 0.5) is 0 Å². The van der Waals surface area contributed by atoms with Gasteiger partial charge in [-0.3, -0.25) is 4.79 Å². The Bertz CT molecular complexity index is 193. The third kappa shape index (κ3) is 2.48. The molecule has 1 fully saturated rings. The third-order valence-corrected chi connectivity index (χ3v) is 2.96. The number of carbonyl (C=O) groups is 1. The molecule has 0 aliphatic carbocycles. The minimum Gasteiger partial charge on any atom is -0.361 e. The van der Waals surface area contributed by atoms with E-state index in [0.29, 0.717) is 0 Å². The van der Waals surface area contributed by atoms with Crippen molar-refractivity contribution in [2.75, 3.05) is 11.5 Å². The lowest BCUT2D eigenvalue weighted by Crippen LogP contribution is -2.21. The molecule has 1 aliphatic heterocycles. The summed E-state index contributed by atoms with van der Waals surface area (Å²) in [6, 6.07) is 0. The zero-order chi connectivity index (χ0) is 8.10. The number of thioether (sulfide) groups is 1. The van der Waals surface area contributed by atoms with Crippen molar-refractivity contribution >= 4 is 23.8 Å². The highest BCUT2D eigenvalue weighted by atomic mass is 32.2. The van der Waals surface area contributed by atoms with Crippen molar-refractivity contribution in [1.29, 1.82) is 0 Å². The molecule has 11 heavy (non-hydrogen) atoms. The molecule has 0 amide bonds. The Morgan fingerprint density at radius 3 is 3.09 bits per heavy atom. The lowest BCUT2D eigenvalue weighted by atomic mass is 10.0. The van der Waals surface area contributed by atoms with Gasteiger partial charge in [0.15, 0.2) is 0 Å². The fourth-order valence-electron chi connectivity index (χ4n) is 1.13.